The molecule has 0 heterocycles. The SMILES string of the molecule is COC(=O)N(CCC[C@H](NC(=O)[C@@H](NC(=O)OC(C)(C)C)C(C)C)C(=O)NC(C)C)C1c2ccccc2-c2ccccc21. The number of methoxy groups -OCH3 is 1. The zero-order valence-corrected chi connectivity index (χ0v) is 26.5. The smallest absolute Gasteiger partial charge is 0.410 e. The maximum Gasteiger partial charge on any atom is 0.410 e. The summed E-state index contributed by atoms with van der Waals surface area (Å²) in [7, 11) is 1.35. The van der Waals surface area contributed by atoms with E-state index in [1.807, 2.05) is 62.4 Å². The highest BCUT2D eigenvalue weighted by molar-refractivity contribution is 5.91. The van der Waals surface area contributed by atoms with Gasteiger partial charge in [0, 0.05) is 12.6 Å². The highest BCUT2D eigenvalue weighted by Gasteiger charge is 2.36. The molecule has 0 aliphatic heterocycles. The third-order valence-electron chi connectivity index (χ3n) is 7.10. The summed E-state index contributed by atoms with van der Waals surface area (Å²) in [5, 5.41) is 8.34. The molecule has 0 aromatic heterocycles. The normalized spacial score (nSPS) is 13.9. The number of ether oxygens (including phenoxy) is 2. The van der Waals surface area contributed by atoms with Crippen LogP contribution in [0, 0.1) is 5.92 Å². The molecule has 2 atom stereocenters. The Morgan fingerprint density at radius 1 is 0.837 bits per heavy atom. The summed E-state index contributed by atoms with van der Waals surface area (Å²) >= 11 is 0. The van der Waals surface area contributed by atoms with Crippen molar-refractivity contribution in [2.75, 3.05) is 13.7 Å². The van der Waals surface area contributed by atoms with Crippen molar-refractivity contribution in [2.24, 2.45) is 5.92 Å². The van der Waals surface area contributed by atoms with Crippen LogP contribution < -0.4 is 16.0 Å². The van der Waals surface area contributed by atoms with Gasteiger partial charge in [0.1, 0.15) is 17.7 Å². The van der Waals surface area contributed by atoms with E-state index in [4.69, 9.17) is 9.47 Å². The first-order valence-corrected chi connectivity index (χ1v) is 14.9. The number of hydrogen-bond donors (Lipinski definition) is 3. The summed E-state index contributed by atoms with van der Waals surface area (Å²) < 4.78 is 10.5. The second-order valence-electron chi connectivity index (χ2n) is 12.5. The van der Waals surface area contributed by atoms with E-state index in [2.05, 4.69) is 16.0 Å². The van der Waals surface area contributed by atoms with Gasteiger partial charge in [-0.2, -0.15) is 0 Å². The fraction of sp³-hybridized carbons (Fsp3) is 0.515. The molecule has 0 saturated heterocycles. The van der Waals surface area contributed by atoms with E-state index in [0.717, 1.165) is 22.3 Å². The lowest BCUT2D eigenvalue weighted by Crippen LogP contribution is -2.56. The quantitative estimate of drug-likeness (QED) is 0.330. The minimum Gasteiger partial charge on any atom is -0.453 e. The molecular formula is C33H46N4O6. The number of carbonyl (C=O) groups excluding carboxylic acids is 4. The molecule has 0 fully saturated rings. The molecule has 43 heavy (non-hydrogen) atoms. The second kappa shape index (κ2) is 14.4. The van der Waals surface area contributed by atoms with E-state index in [1.54, 1.807) is 39.5 Å². The highest BCUT2D eigenvalue weighted by Crippen LogP contribution is 2.46. The second-order valence-corrected chi connectivity index (χ2v) is 12.5. The van der Waals surface area contributed by atoms with Crippen LogP contribution in [-0.2, 0) is 19.1 Å². The predicted octanol–water partition coefficient (Wildman–Crippen LogP) is 5.16. The van der Waals surface area contributed by atoms with E-state index in [9.17, 15) is 19.2 Å². The third-order valence-corrected chi connectivity index (χ3v) is 7.10. The maximum absolute atomic E-state index is 13.4. The Hall–Kier alpha value is -4.08. The Morgan fingerprint density at radius 2 is 1.40 bits per heavy atom. The van der Waals surface area contributed by atoms with Crippen LogP contribution in [0.25, 0.3) is 11.1 Å². The summed E-state index contributed by atoms with van der Waals surface area (Å²) in [6.45, 7) is 12.8. The van der Waals surface area contributed by atoms with E-state index in [0.29, 0.717) is 6.42 Å². The summed E-state index contributed by atoms with van der Waals surface area (Å²) in [6, 6.07) is 13.7. The van der Waals surface area contributed by atoms with Crippen LogP contribution in [0.2, 0.25) is 0 Å². The predicted molar refractivity (Wildman–Crippen MR) is 165 cm³/mol. The number of alkyl carbamates (subject to hydrolysis) is 1. The minimum atomic E-state index is -0.915. The fourth-order valence-electron chi connectivity index (χ4n) is 5.26. The number of nitrogens with one attached hydrogen (secondary N) is 3. The van der Waals surface area contributed by atoms with Gasteiger partial charge in [0.2, 0.25) is 11.8 Å². The van der Waals surface area contributed by atoms with Gasteiger partial charge in [-0.15, -0.1) is 0 Å². The molecule has 1 aliphatic carbocycles. The number of amides is 4. The first-order valence-electron chi connectivity index (χ1n) is 14.9. The molecule has 0 unspecified atom stereocenters. The van der Waals surface area contributed by atoms with Crippen LogP contribution >= 0.6 is 0 Å². The summed E-state index contributed by atoms with van der Waals surface area (Å²) in [4.78, 5) is 53.8. The van der Waals surface area contributed by atoms with Gasteiger partial charge in [-0.25, -0.2) is 9.59 Å². The Kier molecular flexibility index (Phi) is 11.2. The molecule has 0 bridgehead atoms. The third kappa shape index (κ3) is 8.72. The van der Waals surface area contributed by atoms with E-state index < -0.39 is 35.8 Å². The first-order chi connectivity index (χ1) is 20.2. The van der Waals surface area contributed by atoms with Crippen LogP contribution in [0.15, 0.2) is 48.5 Å². The summed E-state index contributed by atoms with van der Waals surface area (Å²) in [5.74, 6) is -1.10. The Bertz CT molecular complexity index is 1260. The molecule has 2 aromatic carbocycles. The molecule has 234 valence electrons. The molecule has 4 amide bonds. The van der Waals surface area contributed by atoms with Crippen molar-refractivity contribution in [1.82, 2.24) is 20.9 Å². The van der Waals surface area contributed by atoms with Crippen molar-refractivity contribution < 1.29 is 28.7 Å². The lowest BCUT2D eigenvalue weighted by molar-refractivity contribution is -0.131. The summed E-state index contributed by atoms with van der Waals surface area (Å²) in [6.07, 6.45) is -0.538. The van der Waals surface area contributed by atoms with Crippen LogP contribution in [0.3, 0.4) is 0 Å². The number of hydrogen-bond acceptors (Lipinski definition) is 6. The largest absolute Gasteiger partial charge is 0.453 e. The van der Waals surface area contributed by atoms with Gasteiger partial charge in [0.05, 0.1) is 13.2 Å². The van der Waals surface area contributed by atoms with Crippen LogP contribution in [0.4, 0.5) is 9.59 Å². The molecule has 10 nitrogen and oxygen atoms in total. The van der Waals surface area contributed by atoms with Gasteiger partial charge < -0.3 is 25.4 Å². The van der Waals surface area contributed by atoms with Crippen molar-refractivity contribution in [1.29, 1.82) is 0 Å². The molecule has 10 heteroatoms. The number of rotatable bonds is 11. The Balaban J connectivity index is 1.79. The van der Waals surface area contributed by atoms with Gasteiger partial charge in [-0.05, 0) is 75.6 Å². The Labute approximate surface area is 254 Å². The van der Waals surface area contributed by atoms with Crippen molar-refractivity contribution in [3.05, 3.63) is 59.7 Å². The molecule has 0 radical (unpaired) electrons. The average molecular weight is 595 g/mol. The van der Waals surface area contributed by atoms with Crippen LogP contribution in [0.1, 0.15) is 78.5 Å². The lowest BCUT2D eigenvalue weighted by Gasteiger charge is -2.30. The highest BCUT2D eigenvalue weighted by atomic mass is 16.6. The van der Waals surface area contributed by atoms with Crippen LogP contribution in [0.5, 0.6) is 0 Å². The minimum absolute atomic E-state index is 0.147. The molecule has 0 spiro atoms. The van der Waals surface area contributed by atoms with Crippen molar-refractivity contribution in [2.45, 2.75) is 91.1 Å². The van der Waals surface area contributed by atoms with Gasteiger partial charge in [0.15, 0.2) is 0 Å². The summed E-state index contributed by atoms with van der Waals surface area (Å²) in [5.41, 5.74) is 3.41. The molecule has 0 saturated carbocycles. The number of carbonyl (C=O) groups is 4. The van der Waals surface area contributed by atoms with Crippen molar-refractivity contribution in [3.8, 4) is 11.1 Å². The standard InChI is InChI=1S/C33H46N4O6/c1-20(2)27(36-31(40)43-33(5,6)7)30(39)35-26(29(38)34-21(3)4)18-13-19-37(32(41)42-8)28-24-16-11-9-14-22(24)23-15-10-12-17-25(23)28/h9-12,14-17,20-21,26-28H,13,18-19H2,1-8H3,(H,34,38)(H,35,39)(H,36,40)/t26-,27-/m0/s1. The van der Waals surface area contributed by atoms with Gasteiger partial charge in [0.25, 0.3) is 0 Å². The first kappa shape index (κ1) is 33.4. The molecule has 3 N–H and O–H groups in total. The number of fused-ring (bicyclic) bond motifs is 3. The number of nitrogens with zero attached hydrogens (tertiary/aromatic N) is 1. The van der Waals surface area contributed by atoms with E-state index in [1.165, 1.54) is 7.11 Å². The average Bonchev–Trinajstić information content (AvgIpc) is 3.25. The van der Waals surface area contributed by atoms with Gasteiger partial charge in [-0.1, -0.05) is 62.4 Å². The molecular weight excluding hydrogens is 548 g/mol. The lowest BCUT2D eigenvalue weighted by atomic mass is 10.0. The molecule has 3 rings (SSSR count). The van der Waals surface area contributed by atoms with Gasteiger partial charge >= 0.3 is 12.2 Å². The van der Waals surface area contributed by atoms with E-state index >= 15 is 0 Å². The fourth-order valence-corrected chi connectivity index (χ4v) is 5.26. The Morgan fingerprint density at radius 3 is 1.88 bits per heavy atom. The topological polar surface area (TPSA) is 126 Å². The zero-order valence-electron chi connectivity index (χ0n) is 26.5. The monoisotopic (exact) mass is 594 g/mol. The maximum atomic E-state index is 13.4. The van der Waals surface area contributed by atoms with Crippen LogP contribution in [-0.4, -0.2) is 66.3 Å². The number of benzene rings is 2. The zero-order chi connectivity index (χ0) is 31.9. The van der Waals surface area contributed by atoms with Crippen molar-refractivity contribution in [3.63, 3.8) is 0 Å². The van der Waals surface area contributed by atoms with Crippen molar-refractivity contribution >= 4 is 24.0 Å². The molecule has 1 aliphatic rings. The van der Waals surface area contributed by atoms with E-state index in [-0.39, 0.29) is 36.9 Å². The molecule has 2 aromatic rings. The van der Waals surface area contributed by atoms with Gasteiger partial charge in [-0.3, -0.25) is 14.5 Å².